The first-order chi connectivity index (χ1) is 7.68. The van der Waals surface area contributed by atoms with Gasteiger partial charge in [0.15, 0.2) is 0 Å². The average molecular weight is 258 g/mol. The molecule has 1 atom stereocenters. The Morgan fingerprint density at radius 1 is 1.50 bits per heavy atom. The normalized spacial score (nSPS) is 12.7. The van der Waals surface area contributed by atoms with Gasteiger partial charge in [0.05, 0.1) is 11.1 Å². The molecule has 0 bridgehead atoms. The van der Waals surface area contributed by atoms with Crippen LogP contribution in [-0.2, 0) is 6.42 Å². The Balaban J connectivity index is 2.24. The van der Waals surface area contributed by atoms with E-state index in [2.05, 4.69) is 4.98 Å². The van der Waals surface area contributed by atoms with Crippen LogP contribution >= 0.6 is 22.9 Å². The molecule has 1 unspecified atom stereocenters. The molecule has 1 aromatic heterocycles. The van der Waals surface area contributed by atoms with Crippen molar-refractivity contribution in [3.63, 3.8) is 0 Å². The molecule has 84 valence electrons. The van der Waals surface area contributed by atoms with Crippen LogP contribution in [0.3, 0.4) is 0 Å². The summed E-state index contributed by atoms with van der Waals surface area (Å²) in [6, 6.07) is 4.36. The molecule has 2 aromatic rings. The van der Waals surface area contributed by atoms with Crippen molar-refractivity contribution in [1.82, 2.24) is 4.98 Å². The second kappa shape index (κ2) is 4.91. The standard InChI is InChI=1S/C11H9ClFNOS/c12-7-2-1-3-8(13)11(7)9(15)6-10-14-4-5-16-10/h1-5,9,15H,6H2. The zero-order valence-electron chi connectivity index (χ0n) is 8.23. The van der Waals surface area contributed by atoms with Crippen LogP contribution in [0.1, 0.15) is 16.7 Å². The molecule has 0 aliphatic rings. The third-order valence-electron chi connectivity index (χ3n) is 2.18. The second-order valence-corrected chi connectivity index (χ2v) is 4.67. The van der Waals surface area contributed by atoms with Gasteiger partial charge in [-0.1, -0.05) is 17.7 Å². The fourth-order valence-electron chi connectivity index (χ4n) is 1.45. The molecule has 5 heteroatoms. The predicted molar refractivity (Wildman–Crippen MR) is 62.2 cm³/mol. The van der Waals surface area contributed by atoms with Crippen molar-refractivity contribution in [2.75, 3.05) is 0 Å². The zero-order chi connectivity index (χ0) is 11.5. The van der Waals surface area contributed by atoms with Crippen LogP contribution in [0.2, 0.25) is 5.02 Å². The molecule has 0 radical (unpaired) electrons. The molecule has 0 aliphatic heterocycles. The van der Waals surface area contributed by atoms with Crippen molar-refractivity contribution in [1.29, 1.82) is 0 Å². The summed E-state index contributed by atoms with van der Waals surface area (Å²) in [6.45, 7) is 0. The molecule has 1 N–H and O–H groups in total. The quantitative estimate of drug-likeness (QED) is 0.916. The zero-order valence-corrected chi connectivity index (χ0v) is 9.80. The minimum atomic E-state index is -0.958. The Hall–Kier alpha value is -0.970. The van der Waals surface area contributed by atoms with Crippen molar-refractivity contribution in [3.05, 3.63) is 51.2 Å². The van der Waals surface area contributed by atoms with Crippen LogP contribution in [-0.4, -0.2) is 10.1 Å². The highest BCUT2D eigenvalue weighted by Gasteiger charge is 2.17. The number of aromatic nitrogens is 1. The average Bonchev–Trinajstić information content (AvgIpc) is 2.70. The van der Waals surface area contributed by atoms with Gasteiger partial charge in [0.25, 0.3) is 0 Å². The molecule has 0 amide bonds. The van der Waals surface area contributed by atoms with Crippen LogP contribution in [0.4, 0.5) is 4.39 Å². The summed E-state index contributed by atoms with van der Waals surface area (Å²) in [5.41, 5.74) is 0.138. The first kappa shape index (κ1) is 11.5. The molecule has 16 heavy (non-hydrogen) atoms. The molecule has 0 saturated heterocycles. The number of rotatable bonds is 3. The molecule has 0 saturated carbocycles. The van der Waals surface area contributed by atoms with Crippen LogP contribution in [0.5, 0.6) is 0 Å². The van der Waals surface area contributed by atoms with Crippen LogP contribution < -0.4 is 0 Å². The van der Waals surface area contributed by atoms with Crippen molar-refractivity contribution in [2.45, 2.75) is 12.5 Å². The highest BCUT2D eigenvalue weighted by molar-refractivity contribution is 7.09. The monoisotopic (exact) mass is 257 g/mol. The predicted octanol–water partition coefficient (Wildman–Crippen LogP) is 3.21. The van der Waals surface area contributed by atoms with Crippen molar-refractivity contribution >= 4 is 22.9 Å². The van der Waals surface area contributed by atoms with Crippen LogP contribution in [0.15, 0.2) is 29.8 Å². The number of benzene rings is 1. The largest absolute Gasteiger partial charge is 0.388 e. The van der Waals surface area contributed by atoms with E-state index in [9.17, 15) is 9.50 Å². The summed E-state index contributed by atoms with van der Waals surface area (Å²) in [6.07, 6.45) is 0.966. The van der Waals surface area contributed by atoms with E-state index in [1.165, 1.54) is 23.5 Å². The van der Waals surface area contributed by atoms with Crippen molar-refractivity contribution < 1.29 is 9.50 Å². The van der Waals surface area contributed by atoms with E-state index in [0.717, 1.165) is 5.01 Å². The summed E-state index contributed by atoms with van der Waals surface area (Å²) >= 11 is 7.27. The van der Waals surface area contributed by atoms with Gasteiger partial charge in [0.2, 0.25) is 0 Å². The van der Waals surface area contributed by atoms with Crippen LogP contribution in [0, 0.1) is 5.82 Å². The molecule has 0 fully saturated rings. The van der Waals surface area contributed by atoms with E-state index in [1.54, 1.807) is 12.3 Å². The number of aliphatic hydroxyl groups excluding tert-OH is 1. The Bertz CT molecular complexity index is 455. The third kappa shape index (κ3) is 2.40. The Morgan fingerprint density at radius 2 is 2.31 bits per heavy atom. The number of halogens is 2. The highest BCUT2D eigenvalue weighted by atomic mass is 35.5. The Labute approximate surface area is 101 Å². The van der Waals surface area contributed by atoms with E-state index in [4.69, 9.17) is 11.6 Å². The minimum Gasteiger partial charge on any atom is -0.388 e. The first-order valence-corrected chi connectivity index (χ1v) is 5.94. The minimum absolute atomic E-state index is 0.138. The molecule has 1 heterocycles. The third-order valence-corrected chi connectivity index (χ3v) is 3.32. The lowest BCUT2D eigenvalue weighted by atomic mass is 10.1. The van der Waals surface area contributed by atoms with E-state index in [0.29, 0.717) is 0 Å². The summed E-state index contributed by atoms with van der Waals surface area (Å²) in [5.74, 6) is -0.489. The fourth-order valence-corrected chi connectivity index (χ4v) is 2.39. The van der Waals surface area contributed by atoms with E-state index >= 15 is 0 Å². The molecule has 0 spiro atoms. The van der Waals surface area contributed by atoms with Gasteiger partial charge in [-0.3, -0.25) is 0 Å². The lowest BCUT2D eigenvalue weighted by molar-refractivity contribution is 0.173. The first-order valence-electron chi connectivity index (χ1n) is 4.69. The smallest absolute Gasteiger partial charge is 0.130 e. The van der Waals surface area contributed by atoms with E-state index < -0.39 is 11.9 Å². The number of hydrogen-bond donors (Lipinski definition) is 1. The molecule has 0 aliphatic carbocycles. The maximum absolute atomic E-state index is 13.5. The lowest BCUT2D eigenvalue weighted by Crippen LogP contribution is -2.05. The Morgan fingerprint density at radius 3 is 2.94 bits per heavy atom. The van der Waals surface area contributed by atoms with Gasteiger partial charge in [-0.2, -0.15) is 0 Å². The van der Waals surface area contributed by atoms with Gasteiger partial charge < -0.3 is 5.11 Å². The summed E-state index contributed by atoms with van der Waals surface area (Å²) in [7, 11) is 0. The van der Waals surface area contributed by atoms with Crippen molar-refractivity contribution in [2.24, 2.45) is 0 Å². The molecular formula is C11H9ClFNOS. The van der Waals surface area contributed by atoms with Gasteiger partial charge in [-0.05, 0) is 12.1 Å². The molecular weight excluding hydrogens is 249 g/mol. The number of nitrogens with zero attached hydrogens (tertiary/aromatic N) is 1. The van der Waals surface area contributed by atoms with Gasteiger partial charge >= 0.3 is 0 Å². The van der Waals surface area contributed by atoms with Gasteiger partial charge in [-0.25, -0.2) is 9.37 Å². The lowest BCUT2D eigenvalue weighted by Gasteiger charge is -2.11. The van der Waals surface area contributed by atoms with Gasteiger partial charge in [0, 0.05) is 28.6 Å². The number of thiazole rings is 1. The number of aliphatic hydroxyl groups is 1. The fraction of sp³-hybridized carbons (Fsp3) is 0.182. The molecule has 1 aromatic carbocycles. The van der Waals surface area contributed by atoms with E-state index in [-0.39, 0.29) is 17.0 Å². The highest BCUT2D eigenvalue weighted by Crippen LogP contribution is 2.28. The molecule has 2 nitrogen and oxygen atoms in total. The molecule has 2 rings (SSSR count). The van der Waals surface area contributed by atoms with Crippen molar-refractivity contribution in [3.8, 4) is 0 Å². The summed E-state index contributed by atoms with van der Waals surface area (Å²) in [5, 5.41) is 12.7. The van der Waals surface area contributed by atoms with Gasteiger partial charge in [0.1, 0.15) is 5.82 Å². The topological polar surface area (TPSA) is 33.1 Å². The van der Waals surface area contributed by atoms with Crippen LogP contribution in [0.25, 0.3) is 0 Å². The SMILES string of the molecule is OC(Cc1nccs1)c1c(F)cccc1Cl. The summed E-state index contributed by atoms with van der Waals surface area (Å²) in [4.78, 5) is 4.03. The second-order valence-electron chi connectivity index (χ2n) is 3.28. The van der Waals surface area contributed by atoms with Gasteiger partial charge in [-0.15, -0.1) is 11.3 Å². The summed E-state index contributed by atoms with van der Waals surface area (Å²) < 4.78 is 13.5. The maximum Gasteiger partial charge on any atom is 0.130 e. The Kier molecular flexibility index (Phi) is 3.53. The van der Waals surface area contributed by atoms with E-state index in [1.807, 2.05) is 5.38 Å². The maximum atomic E-state index is 13.5. The number of hydrogen-bond acceptors (Lipinski definition) is 3.